The molecular formula is C10H9IN-. The first kappa shape index (κ1) is 7.98. The molecule has 2 aromatic rings. The number of halogens is 1. The summed E-state index contributed by atoms with van der Waals surface area (Å²) in [6.07, 6.45) is 2.00. The van der Waals surface area contributed by atoms with Crippen molar-refractivity contribution in [1.29, 1.82) is 0 Å². The Kier molecular flexibility index (Phi) is 2.26. The molecule has 0 spiro atoms. The van der Waals surface area contributed by atoms with Crippen molar-refractivity contribution in [3.05, 3.63) is 40.1 Å². The third-order valence-electron chi connectivity index (χ3n) is 1.78. The molecule has 2 heteroatoms. The van der Waals surface area contributed by atoms with Gasteiger partial charge in [0.1, 0.15) is 0 Å². The number of aromatic nitrogens is 1. The number of pyridine rings is 1. The molecule has 0 atom stereocenters. The summed E-state index contributed by atoms with van der Waals surface area (Å²) in [7, 11) is 0. The molecule has 0 fully saturated rings. The molecule has 0 unspecified atom stereocenters. The van der Waals surface area contributed by atoms with Crippen molar-refractivity contribution in [3.63, 3.8) is 0 Å². The average Bonchev–Trinajstić information content (AvgIpc) is 2.17. The van der Waals surface area contributed by atoms with E-state index in [0.717, 1.165) is 5.52 Å². The Bertz CT molecular complexity index is 398. The number of hydrogen-bond donors (Lipinski definition) is 0. The molecule has 0 N–H and O–H groups in total. The van der Waals surface area contributed by atoms with Crippen molar-refractivity contribution in [2.45, 2.75) is 0 Å². The Morgan fingerprint density at radius 1 is 1.25 bits per heavy atom. The SMILES string of the molecule is C[I-]c1cnc2ccccc2c1. The molecule has 2 rings (SSSR count). The normalized spacial score (nSPS) is 10.8. The van der Waals surface area contributed by atoms with Gasteiger partial charge in [-0.2, -0.15) is 0 Å². The van der Waals surface area contributed by atoms with Crippen LogP contribution in [0.3, 0.4) is 0 Å². The van der Waals surface area contributed by atoms with Crippen LogP contribution in [-0.2, 0) is 0 Å². The minimum atomic E-state index is 0.172. The van der Waals surface area contributed by atoms with E-state index >= 15 is 0 Å². The Labute approximate surface area is 82.1 Å². The van der Waals surface area contributed by atoms with Gasteiger partial charge in [-0.1, -0.05) is 0 Å². The van der Waals surface area contributed by atoms with E-state index in [1.807, 2.05) is 18.3 Å². The van der Waals surface area contributed by atoms with Gasteiger partial charge >= 0.3 is 82.1 Å². The first-order valence-electron chi connectivity index (χ1n) is 3.74. The predicted molar refractivity (Wildman–Crippen MR) is 46.4 cm³/mol. The van der Waals surface area contributed by atoms with Crippen LogP contribution in [-0.4, -0.2) is 9.91 Å². The number of fused-ring (bicyclic) bond motifs is 1. The van der Waals surface area contributed by atoms with Crippen LogP contribution in [0.2, 0.25) is 0 Å². The molecule has 0 radical (unpaired) electrons. The van der Waals surface area contributed by atoms with E-state index < -0.39 is 0 Å². The van der Waals surface area contributed by atoms with Crippen LogP contribution >= 0.6 is 0 Å². The molecule has 12 heavy (non-hydrogen) atoms. The van der Waals surface area contributed by atoms with Crippen LogP contribution in [0, 0.1) is 3.57 Å². The quantitative estimate of drug-likeness (QED) is 0.484. The van der Waals surface area contributed by atoms with E-state index in [4.69, 9.17) is 0 Å². The number of nitrogens with zero attached hydrogens (tertiary/aromatic N) is 1. The van der Waals surface area contributed by atoms with Gasteiger partial charge < -0.3 is 0 Å². The molecule has 1 heterocycles. The van der Waals surface area contributed by atoms with E-state index in [1.165, 1.54) is 8.96 Å². The Balaban J connectivity index is 2.67. The Morgan fingerprint density at radius 3 is 2.92 bits per heavy atom. The summed E-state index contributed by atoms with van der Waals surface area (Å²) < 4.78 is 1.41. The summed E-state index contributed by atoms with van der Waals surface area (Å²) in [6, 6.07) is 10.5. The van der Waals surface area contributed by atoms with Crippen molar-refractivity contribution in [2.75, 3.05) is 4.93 Å². The van der Waals surface area contributed by atoms with Crippen molar-refractivity contribution < 1.29 is 21.2 Å². The third-order valence-corrected chi connectivity index (χ3v) is 3.61. The first-order valence-corrected chi connectivity index (χ1v) is 6.98. The van der Waals surface area contributed by atoms with Gasteiger partial charge in [-0.3, -0.25) is 0 Å². The Morgan fingerprint density at radius 2 is 2.08 bits per heavy atom. The number of rotatable bonds is 1. The van der Waals surface area contributed by atoms with Crippen LogP contribution in [0.15, 0.2) is 36.5 Å². The molecule has 0 aliphatic heterocycles. The summed E-state index contributed by atoms with van der Waals surface area (Å²) in [5.41, 5.74) is 1.10. The Hall–Kier alpha value is -0.640. The third kappa shape index (κ3) is 1.43. The van der Waals surface area contributed by atoms with Crippen LogP contribution < -0.4 is 21.2 Å². The number of benzene rings is 1. The molecule has 1 aromatic heterocycles. The summed E-state index contributed by atoms with van der Waals surface area (Å²) in [6.45, 7) is 0. The second-order valence-corrected chi connectivity index (χ2v) is 4.86. The van der Waals surface area contributed by atoms with E-state index in [9.17, 15) is 0 Å². The first-order chi connectivity index (χ1) is 5.90. The second kappa shape index (κ2) is 3.39. The number of para-hydroxylation sites is 1. The zero-order valence-corrected chi connectivity index (χ0v) is 8.95. The summed E-state index contributed by atoms with van der Waals surface area (Å²) in [5.74, 6) is 0. The number of hydrogen-bond acceptors (Lipinski definition) is 1. The molecule has 0 bridgehead atoms. The summed E-state index contributed by atoms with van der Waals surface area (Å²) >= 11 is 0.172. The fourth-order valence-corrected chi connectivity index (χ4v) is 2.21. The van der Waals surface area contributed by atoms with Gasteiger partial charge in [0.25, 0.3) is 0 Å². The number of alkyl halides is 1. The van der Waals surface area contributed by atoms with E-state index in [-0.39, 0.29) is 21.2 Å². The summed E-state index contributed by atoms with van der Waals surface area (Å²) in [4.78, 5) is 6.63. The second-order valence-electron chi connectivity index (χ2n) is 2.54. The van der Waals surface area contributed by atoms with Gasteiger partial charge in [0.05, 0.1) is 0 Å². The van der Waals surface area contributed by atoms with Crippen LogP contribution in [0.1, 0.15) is 0 Å². The maximum atomic E-state index is 4.38. The van der Waals surface area contributed by atoms with Gasteiger partial charge in [-0.25, -0.2) is 0 Å². The molecule has 0 saturated heterocycles. The van der Waals surface area contributed by atoms with Crippen molar-refractivity contribution in [1.82, 2.24) is 4.98 Å². The topological polar surface area (TPSA) is 12.9 Å². The van der Waals surface area contributed by atoms with E-state index in [0.29, 0.717) is 0 Å². The molecular weight excluding hydrogens is 261 g/mol. The predicted octanol–water partition coefficient (Wildman–Crippen LogP) is -0.877. The van der Waals surface area contributed by atoms with Crippen molar-refractivity contribution in [2.24, 2.45) is 0 Å². The molecule has 0 aliphatic carbocycles. The molecule has 0 aliphatic rings. The summed E-state index contributed by atoms with van der Waals surface area (Å²) in [5, 5.41) is 1.26. The molecule has 62 valence electrons. The van der Waals surface area contributed by atoms with Gasteiger partial charge in [0.2, 0.25) is 0 Å². The zero-order chi connectivity index (χ0) is 8.39. The fraction of sp³-hybridized carbons (Fsp3) is 0.100. The molecule has 0 amide bonds. The van der Waals surface area contributed by atoms with Crippen LogP contribution in [0.25, 0.3) is 10.9 Å². The molecule has 0 saturated carbocycles. The van der Waals surface area contributed by atoms with Gasteiger partial charge in [0.15, 0.2) is 0 Å². The van der Waals surface area contributed by atoms with E-state index in [1.54, 1.807) is 0 Å². The average molecular weight is 270 g/mol. The van der Waals surface area contributed by atoms with Crippen molar-refractivity contribution >= 4 is 10.9 Å². The minimum absolute atomic E-state index is 0.172. The van der Waals surface area contributed by atoms with E-state index in [2.05, 4.69) is 28.1 Å². The van der Waals surface area contributed by atoms with Gasteiger partial charge in [0, 0.05) is 0 Å². The molecule has 1 nitrogen and oxygen atoms in total. The van der Waals surface area contributed by atoms with Crippen LogP contribution in [0.5, 0.6) is 0 Å². The van der Waals surface area contributed by atoms with Crippen molar-refractivity contribution in [3.8, 4) is 0 Å². The standard InChI is InChI=1S/C10H9IN/c1-11-9-6-8-4-2-3-5-10(8)12-7-9/h2-7H,1H3/q-1. The van der Waals surface area contributed by atoms with Crippen LogP contribution in [0.4, 0.5) is 0 Å². The zero-order valence-electron chi connectivity index (χ0n) is 6.79. The monoisotopic (exact) mass is 270 g/mol. The fourth-order valence-electron chi connectivity index (χ4n) is 1.15. The maximum absolute atomic E-state index is 4.38. The molecule has 1 aromatic carbocycles. The van der Waals surface area contributed by atoms with Gasteiger partial charge in [-0.05, 0) is 0 Å². The van der Waals surface area contributed by atoms with Gasteiger partial charge in [-0.15, -0.1) is 0 Å².